The first-order valence-electron chi connectivity index (χ1n) is 7.68. The van der Waals surface area contributed by atoms with Crippen molar-refractivity contribution < 1.29 is 27.5 Å². The van der Waals surface area contributed by atoms with E-state index in [1.165, 1.54) is 18.2 Å². The molecule has 0 heterocycles. The van der Waals surface area contributed by atoms with Gasteiger partial charge >= 0.3 is 6.36 Å². The van der Waals surface area contributed by atoms with Gasteiger partial charge in [-0.05, 0) is 30.5 Å². The molecule has 1 aromatic rings. The largest absolute Gasteiger partial charge is 0.573 e. The predicted molar refractivity (Wildman–Crippen MR) is 85.5 cm³/mol. The zero-order chi connectivity index (χ0) is 19.2. The molecule has 1 rings (SSSR count). The third-order valence-corrected chi connectivity index (χ3v) is 3.41. The monoisotopic (exact) mass is 361 g/mol. The van der Waals surface area contributed by atoms with Crippen LogP contribution in [0.25, 0.3) is 0 Å². The normalized spacial score (nSPS) is 13.9. The number of benzene rings is 1. The summed E-state index contributed by atoms with van der Waals surface area (Å²) in [7, 11) is 0. The van der Waals surface area contributed by atoms with Crippen molar-refractivity contribution in [1.82, 2.24) is 10.6 Å². The molecule has 0 aliphatic heterocycles. The molecule has 0 fully saturated rings. The fraction of sp³-hybridized carbons (Fsp3) is 0.500. The van der Waals surface area contributed by atoms with Gasteiger partial charge in [0.05, 0.1) is 18.6 Å². The van der Waals surface area contributed by atoms with Gasteiger partial charge in [-0.15, -0.1) is 13.2 Å². The van der Waals surface area contributed by atoms with E-state index in [0.29, 0.717) is 5.56 Å². The van der Waals surface area contributed by atoms with Gasteiger partial charge in [0.25, 0.3) is 0 Å². The number of carbonyl (C=O) groups excluding carboxylic acids is 2. The molecule has 25 heavy (non-hydrogen) atoms. The Morgan fingerprint density at radius 1 is 1.24 bits per heavy atom. The Morgan fingerprint density at radius 3 is 2.44 bits per heavy atom. The number of amides is 2. The van der Waals surface area contributed by atoms with Crippen LogP contribution in [-0.4, -0.2) is 30.8 Å². The number of hydrogen-bond acceptors (Lipinski definition) is 4. The minimum atomic E-state index is -4.79. The quantitative estimate of drug-likeness (QED) is 0.691. The molecular weight excluding hydrogens is 339 g/mol. The molecule has 6 nitrogen and oxygen atoms in total. The lowest BCUT2D eigenvalue weighted by Crippen LogP contribution is -2.47. The van der Waals surface area contributed by atoms with Crippen LogP contribution in [0.2, 0.25) is 0 Å². The van der Waals surface area contributed by atoms with Crippen LogP contribution in [0, 0.1) is 5.92 Å². The second-order valence-electron chi connectivity index (χ2n) is 5.90. The van der Waals surface area contributed by atoms with Crippen molar-refractivity contribution >= 4 is 11.8 Å². The lowest BCUT2D eigenvalue weighted by Gasteiger charge is -2.18. The van der Waals surface area contributed by atoms with E-state index in [1.807, 2.05) is 0 Å². The Hall–Kier alpha value is -2.29. The van der Waals surface area contributed by atoms with E-state index < -0.39 is 30.3 Å². The van der Waals surface area contributed by atoms with Gasteiger partial charge in [-0.1, -0.05) is 26.0 Å². The second kappa shape index (κ2) is 8.70. The van der Waals surface area contributed by atoms with E-state index in [9.17, 15) is 22.8 Å². The van der Waals surface area contributed by atoms with Crippen LogP contribution in [0.1, 0.15) is 32.4 Å². The number of rotatable bonds is 7. The van der Waals surface area contributed by atoms with Gasteiger partial charge < -0.3 is 21.1 Å². The molecular formula is C16H22F3N3O3. The van der Waals surface area contributed by atoms with Crippen LogP contribution in [0.5, 0.6) is 5.75 Å². The molecule has 0 aromatic heterocycles. The van der Waals surface area contributed by atoms with Crippen molar-refractivity contribution in [2.75, 3.05) is 6.54 Å². The van der Waals surface area contributed by atoms with E-state index in [0.717, 1.165) is 0 Å². The lowest BCUT2D eigenvalue weighted by atomic mass is 10.1. The molecule has 0 saturated carbocycles. The van der Waals surface area contributed by atoms with Gasteiger partial charge in [-0.3, -0.25) is 9.59 Å². The Balaban J connectivity index is 2.58. The first-order chi connectivity index (χ1) is 11.5. The summed E-state index contributed by atoms with van der Waals surface area (Å²) in [4.78, 5) is 23.5. The minimum absolute atomic E-state index is 0.0710. The van der Waals surface area contributed by atoms with Crippen molar-refractivity contribution in [2.24, 2.45) is 11.7 Å². The summed E-state index contributed by atoms with van der Waals surface area (Å²) in [5.41, 5.74) is 6.09. The van der Waals surface area contributed by atoms with Crippen LogP contribution < -0.4 is 21.1 Å². The van der Waals surface area contributed by atoms with Crippen LogP contribution in [-0.2, 0) is 9.59 Å². The highest BCUT2D eigenvalue weighted by Crippen LogP contribution is 2.25. The molecule has 2 atom stereocenters. The molecule has 0 aliphatic rings. The smallest absolute Gasteiger partial charge is 0.406 e. The van der Waals surface area contributed by atoms with Crippen LogP contribution >= 0.6 is 0 Å². The third kappa shape index (κ3) is 7.42. The molecule has 9 heteroatoms. The summed E-state index contributed by atoms with van der Waals surface area (Å²) in [5.74, 6) is -1.38. The molecule has 0 spiro atoms. The summed E-state index contributed by atoms with van der Waals surface area (Å²) >= 11 is 0. The molecule has 2 amide bonds. The van der Waals surface area contributed by atoms with Crippen LogP contribution in [0.4, 0.5) is 13.2 Å². The average Bonchev–Trinajstić information content (AvgIpc) is 2.50. The van der Waals surface area contributed by atoms with Crippen molar-refractivity contribution in [2.45, 2.75) is 39.2 Å². The molecule has 4 N–H and O–H groups in total. The number of nitrogens with two attached hydrogens (primary N) is 1. The van der Waals surface area contributed by atoms with E-state index in [4.69, 9.17) is 5.73 Å². The van der Waals surface area contributed by atoms with E-state index in [2.05, 4.69) is 15.4 Å². The molecule has 0 radical (unpaired) electrons. The van der Waals surface area contributed by atoms with Crippen LogP contribution in [0.3, 0.4) is 0 Å². The van der Waals surface area contributed by atoms with E-state index >= 15 is 0 Å². The number of hydrogen-bond donors (Lipinski definition) is 3. The number of ether oxygens (including phenoxy) is 1. The van der Waals surface area contributed by atoms with Gasteiger partial charge in [0.15, 0.2) is 0 Å². The van der Waals surface area contributed by atoms with Gasteiger partial charge in [-0.2, -0.15) is 0 Å². The van der Waals surface area contributed by atoms with Crippen molar-refractivity contribution in [3.8, 4) is 5.75 Å². The molecule has 0 aliphatic carbocycles. The third-order valence-electron chi connectivity index (χ3n) is 3.41. The Labute approximate surface area is 143 Å². The lowest BCUT2D eigenvalue weighted by molar-refractivity contribution is -0.274. The Morgan fingerprint density at radius 2 is 1.88 bits per heavy atom. The predicted octanol–water partition coefficient (Wildman–Crippen LogP) is 1.86. The number of halogens is 3. The fourth-order valence-electron chi connectivity index (χ4n) is 1.94. The molecule has 1 aromatic carbocycles. The van der Waals surface area contributed by atoms with Crippen molar-refractivity contribution in [1.29, 1.82) is 0 Å². The maximum Gasteiger partial charge on any atom is 0.573 e. The topological polar surface area (TPSA) is 93.5 Å². The minimum Gasteiger partial charge on any atom is -0.406 e. The summed E-state index contributed by atoms with van der Waals surface area (Å²) < 4.78 is 40.6. The number of nitrogens with one attached hydrogen (secondary N) is 2. The molecule has 0 saturated heterocycles. The summed E-state index contributed by atoms with van der Waals surface area (Å²) in [5, 5.41) is 4.99. The average molecular weight is 361 g/mol. The molecule has 1 unspecified atom stereocenters. The summed E-state index contributed by atoms with van der Waals surface area (Å²) in [6.07, 6.45) is -4.79. The summed E-state index contributed by atoms with van der Waals surface area (Å²) in [6, 6.07) is 4.01. The van der Waals surface area contributed by atoms with E-state index in [1.54, 1.807) is 26.8 Å². The number of alkyl halides is 3. The fourth-order valence-corrected chi connectivity index (χ4v) is 1.94. The zero-order valence-electron chi connectivity index (χ0n) is 14.2. The highest BCUT2D eigenvalue weighted by atomic mass is 19.4. The first kappa shape index (κ1) is 20.8. The first-order valence-corrected chi connectivity index (χ1v) is 7.68. The van der Waals surface area contributed by atoms with Gasteiger partial charge in [0, 0.05) is 0 Å². The maximum absolute atomic E-state index is 12.2. The van der Waals surface area contributed by atoms with Crippen molar-refractivity contribution in [3.63, 3.8) is 0 Å². The zero-order valence-corrected chi connectivity index (χ0v) is 14.2. The highest BCUT2D eigenvalue weighted by molar-refractivity contribution is 5.87. The van der Waals surface area contributed by atoms with Crippen molar-refractivity contribution in [3.05, 3.63) is 29.8 Å². The van der Waals surface area contributed by atoms with Gasteiger partial charge in [0.2, 0.25) is 11.8 Å². The van der Waals surface area contributed by atoms with E-state index in [-0.39, 0.29) is 18.2 Å². The highest BCUT2D eigenvalue weighted by Gasteiger charge is 2.31. The SMILES string of the molecule is CC(NC(=O)CNC(=O)[C@@H](N)C(C)C)c1cccc(OC(F)(F)F)c1. The Kier molecular flexibility index (Phi) is 7.22. The standard InChI is InChI=1S/C16H22F3N3O3/c1-9(2)14(20)15(24)21-8-13(23)22-10(3)11-5-4-6-12(7-11)25-16(17,18)19/h4-7,9-10,14H,8,20H2,1-3H3,(H,21,24)(H,22,23)/t10?,14-/m0/s1. The Bertz CT molecular complexity index is 606. The van der Waals surface area contributed by atoms with Gasteiger partial charge in [0.1, 0.15) is 5.75 Å². The van der Waals surface area contributed by atoms with Crippen LogP contribution in [0.15, 0.2) is 24.3 Å². The number of carbonyl (C=O) groups is 2. The summed E-state index contributed by atoms with van der Waals surface area (Å²) in [6.45, 7) is 4.89. The van der Waals surface area contributed by atoms with Gasteiger partial charge in [-0.25, -0.2) is 0 Å². The second-order valence-corrected chi connectivity index (χ2v) is 5.90. The molecule has 0 bridgehead atoms. The molecule has 140 valence electrons. The maximum atomic E-state index is 12.2.